The summed E-state index contributed by atoms with van der Waals surface area (Å²) in [6, 6.07) is 11.1. The number of carbonyl (C=O) groups excluding carboxylic acids is 3. The summed E-state index contributed by atoms with van der Waals surface area (Å²) in [7, 11) is 0. The molecule has 0 saturated heterocycles. The van der Waals surface area contributed by atoms with Gasteiger partial charge in [-0.1, -0.05) is 50.2 Å². The fraction of sp³-hybridized carbons (Fsp3) is 0.273. The minimum absolute atomic E-state index is 0.0969. The van der Waals surface area contributed by atoms with Crippen molar-refractivity contribution in [2.24, 2.45) is 5.92 Å². The van der Waals surface area contributed by atoms with Crippen LogP contribution in [0.2, 0.25) is 0 Å². The van der Waals surface area contributed by atoms with E-state index in [1.165, 1.54) is 0 Å². The Kier molecular flexibility index (Phi) is 5.77. The van der Waals surface area contributed by atoms with E-state index in [-0.39, 0.29) is 11.7 Å². The number of amides is 2. The van der Waals surface area contributed by atoms with Crippen LogP contribution < -0.4 is 10.6 Å². The summed E-state index contributed by atoms with van der Waals surface area (Å²) in [5.41, 5.74) is 2.55. The predicted molar refractivity (Wildman–Crippen MR) is 107 cm³/mol. The molecule has 0 spiro atoms. The number of aliphatic carboxylic acids is 1. The molecule has 2 aromatic rings. The Balaban J connectivity index is 1.90. The zero-order valence-corrected chi connectivity index (χ0v) is 16.2. The Bertz CT molecular complexity index is 996. The minimum atomic E-state index is -1.16. The lowest BCUT2D eigenvalue weighted by Crippen LogP contribution is -2.48. The topological polar surface area (TPSA) is 113 Å². The molecular formula is C22H22N2O5. The lowest BCUT2D eigenvalue weighted by atomic mass is 9.97. The summed E-state index contributed by atoms with van der Waals surface area (Å²) in [4.78, 5) is 48.8. The van der Waals surface area contributed by atoms with Gasteiger partial charge in [-0.15, -0.1) is 0 Å². The highest BCUT2D eigenvalue weighted by atomic mass is 16.4. The molecule has 7 heteroatoms. The van der Waals surface area contributed by atoms with Gasteiger partial charge in [0, 0.05) is 22.3 Å². The van der Waals surface area contributed by atoms with Crippen LogP contribution in [0.3, 0.4) is 0 Å². The first-order valence-corrected chi connectivity index (χ1v) is 9.37. The molecule has 29 heavy (non-hydrogen) atoms. The Morgan fingerprint density at radius 2 is 1.62 bits per heavy atom. The minimum Gasteiger partial charge on any atom is -0.480 e. The molecule has 0 heterocycles. The van der Waals surface area contributed by atoms with Crippen molar-refractivity contribution < 1.29 is 24.3 Å². The summed E-state index contributed by atoms with van der Waals surface area (Å²) in [6.07, 6.45) is 0.349. The average Bonchev–Trinajstić information content (AvgIpc) is 2.98. The Morgan fingerprint density at radius 3 is 2.28 bits per heavy atom. The van der Waals surface area contributed by atoms with Crippen LogP contribution in [0, 0.1) is 5.92 Å². The maximum absolute atomic E-state index is 13.0. The summed E-state index contributed by atoms with van der Waals surface area (Å²) >= 11 is 0. The largest absolute Gasteiger partial charge is 0.480 e. The van der Waals surface area contributed by atoms with Gasteiger partial charge >= 0.3 is 5.97 Å². The third kappa shape index (κ3) is 4.18. The van der Waals surface area contributed by atoms with E-state index in [9.17, 15) is 19.2 Å². The van der Waals surface area contributed by atoms with Gasteiger partial charge in [-0.2, -0.15) is 0 Å². The van der Waals surface area contributed by atoms with Gasteiger partial charge in [-0.25, -0.2) is 0 Å². The smallest absolute Gasteiger partial charge is 0.322 e. The SMILES string of the molecule is CC(C)CC(NC(=O)c1cccc2c1-c1ccccc1C2=O)C(=O)NCC(=O)O. The number of rotatable bonds is 7. The highest BCUT2D eigenvalue weighted by Gasteiger charge is 2.31. The highest BCUT2D eigenvalue weighted by molar-refractivity contribution is 6.24. The van der Waals surface area contributed by atoms with E-state index in [1.807, 2.05) is 13.8 Å². The number of fused-ring (bicyclic) bond motifs is 3. The zero-order chi connectivity index (χ0) is 21.1. The Labute approximate surface area is 168 Å². The van der Waals surface area contributed by atoms with Crippen LogP contribution >= 0.6 is 0 Å². The number of carboxylic acids is 1. The predicted octanol–water partition coefficient (Wildman–Crippen LogP) is 2.24. The lowest BCUT2D eigenvalue weighted by Gasteiger charge is -2.20. The molecule has 0 aromatic heterocycles. The van der Waals surface area contributed by atoms with Crippen LogP contribution in [0.1, 0.15) is 46.5 Å². The number of carbonyl (C=O) groups is 4. The zero-order valence-electron chi connectivity index (χ0n) is 16.2. The first kappa shape index (κ1) is 20.3. The van der Waals surface area contributed by atoms with E-state index in [1.54, 1.807) is 42.5 Å². The van der Waals surface area contributed by atoms with E-state index in [0.717, 1.165) is 0 Å². The molecule has 7 nitrogen and oxygen atoms in total. The molecule has 1 aliphatic carbocycles. The van der Waals surface area contributed by atoms with Crippen molar-refractivity contribution >= 4 is 23.6 Å². The van der Waals surface area contributed by atoms with Gasteiger partial charge in [0.25, 0.3) is 5.91 Å². The van der Waals surface area contributed by atoms with Gasteiger partial charge in [0.2, 0.25) is 5.91 Å². The van der Waals surface area contributed by atoms with Gasteiger partial charge in [0.15, 0.2) is 5.78 Å². The Morgan fingerprint density at radius 1 is 0.966 bits per heavy atom. The molecular weight excluding hydrogens is 372 g/mol. The monoisotopic (exact) mass is 394 g/mol. The third-order valence-electron chi connectivity index (χ3n) is 4.74. The molecule has 0 radical (unpaired) electrons. The second-order valence-electron chi connectivity index (χ2n) is 7.37. The van der Waals surface area contributed by atoms with Gasteiger partial charge in [-0.05, 0) is 24.0 Å². The molecule has 1 atom stereocenters. The van der Waals surface area contributed by atoms with E-state index < -0.39 is 30.4 Å². The average molecular weight is 394 g/mol. The van der Waals surface area contributed by atoms with Crippen LogP contribution in [0.15, 0.2) is 42.5 Å². The quantitative estimate of drug-likeness (QED) is 0.569. The maximum atomic E-state index is 13.0. The summed E-state index contributed by atoms with van der Waals surface area (Å²) in [5.74, 6) is -2.24. The van der Waals surface area contributed by atoms with Crippen molar-refractivity contribution in [2.75, 3.05) is 6.54 Å². The number of benzene rings is 2. The van der Waals surface area contributed by atoms with E-state index in [2.05, 4.69) is 10.6 Å². The first-order chi connectivity index (χ1) is 13.8. The van der Waals surface area contributed by atoms with Crippen LogP contribution in [-0.4, -0.2) is 41.3 Å². The number of hydrogen-bond acceptors (Lipinski definition) is 4. The maximum Gasteiger partial charge on any atom is 0.322 e. The fourth-order valence-corrected chi connectivity index (χ4v) is 3.49. The molecule has 1 unspecified atom stereocenters. The second-order valence-corrected chi connectivity index (χ2v) is 7.37. The molecule has 0 fully saturated rings. The van der Waals surface area contributed by atoms with Gasteiger partial charge in [0.1, 0.15) is 12.6 Å². The lowest BCUT2D eigenvalue weighted by molar-refractivity contribution is -0.138. The second kappa shape index (κ2) is 8.26. The summed E-state index contributed by atoms with van der Waals surface area (Å²) < 4.78 is 0. The summed E-state index contributed by atoms with van der Waals surface area (Å²) in [6.45, 7) is 3.28. The van der Waals surface area contributed by atoms with Crippen molar-refractivity contribution in [1.29, 1.82) is 0 Å². The van der Waals surface area contributed by atoms with Crippen LogP contribution in [0.5, 0.6) is 0 Å². The molecule has 2 aromatic carbocycles. The highest BCUT2D eigenvalue weighted by Crippen LogP contribution is 2.38. The Hall–Kier alpha value is -3.48. The number of carboxylic acid groups (broad SMARTS) is 1. The molecule has 0 aliphatic heterocycles. The number of hydrogen-bond donors (Lipinski definition) is 3. The molecule has 1 aliphatic rings. The van der Waals surface area contributed by atoms with Gasteiger partial charge < -0.3 is 15.7 Å². The van der Waals surface area contributed by atoms with Gasteiger partial charge in [0.05, 0.1) is 0 Å². The number of ketones is 1. The van der Waals surface area contributed by atoms with Crippen molar-refractivity contribution in [2.45, 2.75) is 26.3 Å². The molecule has 0 saturated carbocycles. The van der Waals surface area contributed by atoms with Crippen LogP contribution in [0.25, 0.3) is 11.1 Å². The summed E-state index contributed by atoms with van der Waals surface area (Å²) in [5, 5.41) is 13.8. The van der Waals surface area contributed by atoms with Gasteiger partial charge in [-0.3, -0.25) is 19.2 Å². The molecule has 2 amide bonds. The molecule has 150 valence electrons. The van der Waals surface area contributed by atoms with Crippen LogP contribution in [0.4, 0.5) is 0 Å². The van der Waals surface area contributed by atoms with E-state index in [4.69, 9.17) is 5.11 Å². The van der Waals surface area contributed by atoms with Crippen molar-refractivity contribution in [3.05, 3.63) is 59.2 Å². The van der Waals surface area contributed by atoms with Crippen molar-refractivity contribution in [3.8, 4) is 11.1 Å². The van der Waals surface area contributed by atoms with Crippen molar-refractivity contribution in [3.63, 3.8) is 0 Å². The normalized spacial score (nSPS) is 12.9. The third-order valence-corrected chi connectivity index (χ3v) is 4.74. The standard InChI is InChI=1S/C22H22N2O5/c1-12(2)10-17(22(29)23-11-18(25)26)24-21(28)16-9-5-8-15-19(16)13-6-3-4-7-14(13)20(15)27/h3-9,12,17H,10-11H2,1-2H3,(H,23,29)(H,24,28)(H,25,26). The van der Waals surface area contributed by atoms with E-state index in [0.29, 0.717) is 34.2 Å². The molecule has 3 N–H and O–H groups in total. The van der Waals surface area contributed by atoms with Crippen molar-refractivity contribution in [1.82, 2.24) is 10.6 Å². The van der Waals surface area contributed by atoms with Crippen LogP contribution in [-0.2, 0) is 9.59 Å². The van der Waals surface area contributed by atoms with E-state index >= 15 is 0 Å². The molecule has 3 rings (SSSR count). The number of nitrogens with one attached hydrogen (secondary N) is 2. The fourth-order valence-electron chi connectivity index (χ4n) is 3.49. The first-order valence-electron chi connectivity index (χ1n) is 9.37. The molecule has 0 bridgehead atoms.